The Balaban J connectivity index is 1.53. The third-order valence-corrected chi connectivity index (χ3v) is 4.99. The Bertz CT molecular complexity index is 946. The van der Waals surface area contributed by atoms with E-state index in [9.17, 15) is 4.79 Å². The topological polar surface area (TPSA) is 77.0 Å². The van der Waals surface area contributed by atoms with Crippen LogP contribution in [0.5, 0.6) is 5.75 Å². The van der Waals surface area contributed by atoms with Gasteiger partial charge in [-0.05, 0) is 56.7 Å². The molecule has 3 aromatic rings. The van der Waals surface area contributed by atoms with Crippen molar-refractivity contribution in [2.24, 2.45) is 0 Å². The van der Waals surface area contributed by atoms with Crippen LogP contribution in [-0.2, 0) is 11.4 Å². The van der Waals surface area contributed by atoms with Gasteiger partial charge in [-0.3, -0.25) is 9.78 Å². The van der Waals surface area contributed by atoms with Gasteiger partial charge in [-0.25, -0.2) is 9.97 Å². The predicted octanol–water partition coefficient (Wildman–Crippen LogP) is 4.04. The van der Waals surface area contributed by atoms with Crippen molar-refractivity contribution in [2.45, 2.75) is 38.6 Å². The second kappa shape index (κ2) is 10.0. The van der Waals surface area contributed by atoms with Crippen LogP contribution in [0.1, 0.15) is 35.6 Å². The summed E-state index contributed by atoms with van der Waals surface area (Å²) in [4.78, 5) is 25.3. The van der Waals surface area contributed by atoms with Crippen molar-refractivity contribution in [3.63, 3.8) is 0 Å². The van der Waals surface area contributed by atoms with Crippen LogP contribution in [0.3, 0.4) is 0 Å². The van der Waals surface area contributed by atoms with Gasteiger partial charge in [-0.2, -0.15) is 0 Å². The zero-order chi connectivity index (χ0) is 20.6. The fourth-order valence-electron chi connectivity index (χ4n) is 2.77. The molecule has 0 aliphatic rings. The lowest BCUT2D eigenvalue weighted by Gasteiger charge is -2.15. The van der Waals surface area contributed by atoms with Crippen molar-refractivity contribution in [1.29, 1.82) is 0 Å². The maximum atomic E-state index is 12.3. The fourth-order valence-corrected chi connectivity index (χ4v) is 3.53. The highest BCUT2D eigenvalue weighted by Crippen LogP contribution is 2.20. The summed E-state index contributed by atoms with van der Waals surface area (Å²) < 4.78 is 5.82. The summed E-state index contributed by atoms with van der Waals surface area (Å²) in [5.41, 5.74) is 3.64. The van der Waals surface area contributed by atoms with E-state index in [4.69, 9.17) is 4.74 Å². The summed E-state index contributed by atoms with van der Waals surface area (Å²) >= 11 is 1.34. The lowest BCUT2D eigenvalue weighted by molar-refractivity contribution is -0.119. The van der Waals surface area contributed by atoms with E-state index >= 15 is 0 Å². The number of carbonyl (C=O) groups is 1. The molecular weight excluding hydrogens is 384 g/mol. The predicted molar refractivity (Wildman–Crippen MR) is 114 cm³/mol. The van der Waals surface area contributed by atoms with Gasteiger partial charge in [0.2, 0.25) is 5.91 Å². The molecule has 0 fully saturated rings. The van der Waals surface area contributed by atoms with Crippen molar-refractivity contribution < 1.29 is 9.53 Å². The molecule has 0 spiro atoms. The smallest absolute Gasteiger partial charge is 0.230 e. The highest BCUT2D eigenvalue weighted by Gasteiger charge is 2.12. The van der Waals surface area contributed by atoms with E-state index in [1.807, 2.05) is 69.3 Å². The van der Waals surface area contributed by atoms with Gasteiger partial charge in [0.05, 0.1) is 17.5 Å². The average Bonchev–Trinajstić information content (AvgIpc) is 2.71. The van der Waals surface area contributed by atoms with Crippen LogP contribution < -0.4 is 10.1 Å². The Kier molecular flexibility index (Phi) is 7.19. The number of carbonyl (C=O) groups excluding carboxylic acids is 1. The van der Waals surface area contributed by atoms with Gasteiger partial charge in [0.25, 0.3) is 0 Å². The number of ether oxygens (including phenoxy) is 1. The van der Waals surface area contributed by atoms with Crippen LogP contribution in [0.15, 0.2) is 59.9 Å². The molecule has 0 aliphatic heterocycles. The van der Waals surface area contributed by atoms with Gasteiger partial charge >= 0.3 is 0 Å². The molecule has 29 heavy (non-hydrogen) atoms. The molecule has 150 valence electrons. The van der Waals surface area contributed by atoms with E-state index < -0.39 is 0 Å². The highest BCUT2D eigenvalue weighted by molar-refractivity contribution is 7.99. The second-order valence-electron chi connectivity index (χ2n) is 6.69. The largest absolute Gasteiger partial charge is 0.487 e. The number of nitrogens with one attached hydrogen (secondary N) is 1. The van der Waals surface area contributed by atoms with Gasteiger partial charge in [0, 0.05) is 17.6 Å². The van der Waals surface area contributed by atoms with Crippen LogP contribution in [0.25, 0.3) is 0 Å². The van der Waals surface area contributed by atoms with Gasteiger partial charge < -0.3 is 10.1 Å². The number of benzene rings is 1. The summed E-state index contributed by atoms with van der Waals surface area (Å²) in [5.74, 6) is 0.945. The summed E-state index contributed by atoms with van der Waals surface area (Å²) in [6.45, 7) is 6.19. The van der Waals surface area contributed by atoms with E-state index in [1.54, 1.807) is 6.20 Å². The molecule has 0 bridgehead atoms. The Labute approximate surface area is 175 Å². The van der Waals surface area contributed by atoms with Crippen molar-refractivity contribution in [2.75, 3.05) is 5.75 Å². The Morgan fingerprint density at radius 3 is 2.62 bits per heavy atom. The Morgan fingerprint density at radius 1 is 1.10 bits per heavy atom. The quantitative estimate of drug-likeness (QED) is 0.448. The molecule has 1 N–H and O–H groups in total. The van der Waals surface area contributed by atoms with Gasteiger partial charge in [0.1, 0.15) is 12.4 Å². The number of rotatable bonds is 8. The van der Waals surface area contributed by atoms with E-state index in [2.05, 4.69) is 20.3 Å². The first-order valence-electron chi connectivity index (χ1n) is 9.37. The number of nitrogens with zero attached hydrogens (tertiary/aromatic N) is 3. The zero-order valence-corrected chi connectivity index (χ0v) is 17.6. The van der Waals surface area contributed by atoms with Crippen LogP contribution in [0.4, 0.5) is 0 Å². The third-order valence-electron chi connectivity index (χ3n) is 4.14. The van der Waals surface area contributed by atoms with Gasteiger partial charge in [-0.15, -0.1) is 0 Å². The standard InChI is InChI=1S/C22H24N4O2S/c1-15-11-16(2)25-22(24-15)29-14-21(27)26-17(3)18-7-6-9-20(12-18)28-13-19-8-4-5-10-23-19/h4-12,17H,13-14H2,1-3H3,(H,26,27). The highest BCUT2D eigenvalue weighted by atomic mass is 32.2. The number of hydrogen-bond acceptors (Lipinski definition) is 6. The number of thioether (sulfide) groups is 1. The Hall–Kier alpha value is -2.93. The molecule has 0 aliphatic carbocycles. The molecule has 6 nitrogen and oxygen atoms in total. The lowest BCUT2D eigenvalue weighted by atomic mass is 10.1. The minimum absolute atomic E-state index is 0.0648. The molecule has 0 saturated heterocycles. The average molecular weight is 409 g/mol. The van der Waals surface area contributed by atoms with Crippen molar-refractivity contribution >= 4 is 17.7 Å². The minimum Gasteiger partial charge on any atom is -0.487 e. The van der Waals surface area contributed by atoms with Crippen LogP contribution in [0.2, 0.25) is 0 Å². The summed E-state index contributed by atoms with van der Waals surface area (Å²) in [6.07, 6.45) is 1.74. The molecule has 2 heterocycles. The fraction of sp³-hybridized carbons (Fsp3) is 0.273. The van der Waals surface area contributed by atoms with E-state index in [0.717, 1.165) is 28.4 Å². The SMILES string of the molecule is Cc1cc(C)nc(SCC(=O)NC(C)c2cccc(OCc3ccccn3)c2)n1. The minimum atomic E-state index is -0.137. The normalized spacial score (nSPS) is 11.7. The summed E-state index contributed by atoms with van der Waals surface area (Å²) in [5, 5.41) is 3.63. The third kappa shape index (κ3) is 6.57. The first kappa shape index (κ1) is 20.8. The molecular formula is C22H24N4O2S. The lowest BCUT2D eigenvalue weighted by Crippen LogP contribution is -2.28. The number of aromatic nitrogens is 3. The summed E-state index contributed by atoms with van der Waals surface area (Å²) in [6, 6.07) is 15.2. The van der Waals surface area contributed by atoms with Crippen molar-refractivity contribution in [1.82, 2.24) is 20.3 Å². The van der Waals surface area contributed by atoms with E-state index in [1.165, 1.54) is 11.8 Å². The maximum absolute atomic E-state index is 12.3. The van der Waals surface area contributed by atoms with Crippen molar-refractivity contribution in [3.05, 3.63) is 77.4 Å². The molecule has 1 aromatic carbocycles. The van der Waals surface area contributed by atoms with Crippen molar-refractivity contribution in [3.8, 4) is 5.75 Å². The van der Waals surface area contributed by atoms with Gasteiger partial charge in [0.15, 0.2) is 5.16 Å². The first-order chi connectivity index (χ1) is 14.0. The number of aryl methyl sites for hydroxylation is 2. The molecule has 2 aromatic heterocycles. The molecule has 1 unspecified atom stereocenters. The molecule has 3 rings (SSSR count). The first-order valence-corrected chi connectivity index (χ1v) is 10.4. The molecule has 1 amide bonds. The molecule has 1 atom stereocenters. The molecule has 0 radical (unpaired) electrons. The second-order valence-corrected chi connectivity index (χ2v) is 7.64. The van der Waals surface area contributed by atoms with Crippen LogP contribution in [0, 0.1) is 13.8 Å². The van der Waals surface area contributed by atoms with E-state index in [0.29, 0.717) is 11.8 Å². The number of hydrogen-bond donors (Lipinski definition) is 1. The number of amides is 1. The summed E-state index contributed by atoms with van der Waals surface area (Å²) in [7, 11) is 0. The molecule has 0 saturated carbocycles. The van der Waals surface area contributed by atoms with Gasteiger partial charge in [-0.1, -0.05) is 30.0 Å². The molecule has 7 heteroatoms. The van der Waals surface area contributed by atoms with Crippen LogP contribution in [-0.4, -0.2) is 26.6 Å². The zero-order valence-electron chi connectivity index (χ0n) is 16.8. The monoisotopic (exact) mass is 408 g/mol. The maximum Gasteiger partial charge on any atom is 0.230 e. The Morgan fingerprint density at radius 2 is 1.90 bits per heavy atom. The van der Waals surface area contributed by atoms with E-state index in [-0.39, 0.29) is 17.7 Å². The van der Waals surface area contributed by atoms with Crippen LogP contribution >= 0.6 is 11.8 Å². The number of pyridine rings is 1.